The highest BCUT2D eigenvalue weighted by Gasteiger charge is 2.19. The van der Waals surface area contributed by atoms with Gasteiger partial charge in [-0.15, -0.1) is 0 Å². The molecule has 0 aromatic carbocycles. The smallest absolute Gasteiger partial charge is 0.309 e. The molecule has 1 aliphatic heterocycles. The highest BCUT2D eigenvalue weighted by molar-refractivity contribution is 7.15. The van der Waals surface area contributed by atoms with Crippen LogP contribution < -0.4 is 4.87 Å². The van der Waals surface area contributed by atoms with Crippen molar-refractivity contribution in [3.8, 4) is 0 Å². The molecule has 112 valence electrons. The Balaban J connectivity index is 1.68. The zero-order chi connectivity index (χ0) is 14.8. The molecule has 0 radical (unpaired) electrons. The molecule has 2 aromatic rings. The minimum Gasteiger partial charge on any atom is -0.340 e. The van der Waals surface area contributed by atoms with Crippen molar-refractivity contribution in [2.75, 3.05) is 33.2 Å². The largest absolute Gasteiger partial charge is 0.340 e. The standard InChI is InChI=1S/C14H18N4O2S/c1-16-7-9-17(10-8-16)12(19)4-6-18-11-3-2-5-15-13(11)21-14(18)20/h2-3,5H,4,6-10H2,1H3. The van der Waals surface area contributed by atoms with Crippen molar-refractivity contribution >= 4 is 27.6 Å². The molecule has 6 nitrogen and oxygen atoms in total. The van der Waals surface area contributed by atoms with E-state index in [1.165, 1.54) is 0 Å². The van der Waals surface area contributed by atoms with Gasteiger partial charge in [0, 0.05) is 45.3 Å². The Hall–Kier alpha value is -1.73. The fourth-order valence-corrected chi connectivity index (χ4v) is 3.40. The molecule has 1 amide bonds. The van der Waals surface area contributed by atoms with Crippen LogP contribution in [0.25, 0.3) is 10.3 Å². The van der Waals surface area contributed by atoms with Gasteiger partial charge in [-0.05, 0) is 19.2 Å². The lowest BCUT2D eigenvalue weighted by atomic mass is 10.3. The van der Waals surface area contributed by atoms with E-state index in [9.17, 15) is 9.59 Å². The van der Waals surface area contributed by atoms with Gasteiger partial charge >= 0.3 is 4.87 Å². The van der Waals surface area contributed by atoms with Gasteiger partial charge in [0.05, 0.1) is 5.52 Å². The number of pyridine rings is 1. The maximum Gasteiger partial charge on any atom is 0.309 e. The van der Waals surface area contributed by atoms with Crippen molar-refractivity contribution in [2.45, 2.75) is 13.0 Å². The van der Waals surface area contributed by atoms with Crippen LogP contribution in [0.4, 0.5) is 0 Å². The van der Waals surface area contributed by atoms with E-state index >= 15 is 0 Å². The van der Waals surface area contributed by atoms with Crippen molar-refractivity contribution in [3.05, 3.63) is 28.0 Å². The Morgan fingerprint density at radius 1 is 1.33 bits per heavy atom. The average Bonchev–Trinajstić information content (AvgIpc) is 2.81. The quantitative estimate of drug-likeness (QED) is 0.834. The van der Waals surface area contributed by atoms with Crippen LogP contribution in [0.1, 0.15) is 6.42 Å². The summed E-state index contributed by atoms with van der Waals surface area (Å²) < 4.78 is 1.65. The Morgan fingerprint density at radius 3 is 2.86 bits per heavy atom. The normalized spacial score (nSPS) is 16.5. The van der Waals surface area contributed by atoms with Crippen LogP contribution in [-0.4, -0.2) is 58.5 Å². The van der Waals surface area contributed by atoms with E-state index in [2.05, 4.69) is 16.9 Å². The summed E-state index contributed by atoms with van der Waals surface area (Å²) in [4.78, 5) is 33.2. The topological polar surface area (TPSA) is 58.4 Å². The molecule has 0 saturated carbocycles. The number of thiazole rings is 1. The Morgan fingerprint density at radius 2 is 2.10 bits per heavy atom. The number of carbonyl (C=O) groups is 1. The van der Waals surface area contributed by atoms with E-state index in [-0.39, 0.29) is 10.8 Å². The van der Waals surface area contributed by atoms with Gasteiger partial charge in [-0.3, -0.25) is 14.2 Å². The van der Waals surface area contributed by atoms with Gasteiger partial charge in [0.15, 0.2) is 0 Å². The summed E-state index contributed by atoms with van der Waals surface area (Å²) in [5.41, 5.74) is 0.818. The average molecular weight is 306 g/mol. The third-order valence-corrected chi connectivity index (χ3v) is 4.75. The number of amides is 1. The Labute approximate surface area is 126 Å². The van der Waals surface area contributed by atoms with Crippen LogP contribution >= 0.6 is 11.3 Å². The van der Waals surface area contributed by atoms with Gasteiger partial charge < -0.3 is 9.80 Å². The molecule has 0 bridgehead atoms. The number of hydrogen-bond acceptors (Lipinski definition) is 5. The zero-order valence-electron chi connectivity index (χ0n) is 12.0. The third kappa shape index (κ3) is 2.98. The van der Waals surface area contributed by atoms with Gasteiger partial charge in [0.1, 0.15) is 4.83 Å². The monoisotopic (exact) mass is 306 g/mol. The van der Waals surface area contributed by atoms with Crippen molar-refractivity contribution in [2.24, 2.45) is 0 Å². The summed E-state index contributed by atoms with van der Waals surface area (Å²) in [6, 6.07) is 3.69. The zero-order valence-corrected chi connectivity index (χ0v) is 12.8. The number of rotatable bonds is 3. The highest BCUT2D eigenvalue weighted by atomic mass is 32.1. The molecule has 3 heterocycles. The molecular formula is C14H18N4O2S. The fourth-order valence-electron chi connectivity index (χ4n) is 2.54. The summed E-state index contributed by atoms with van der Waals surface area (Å²) in [6.07, 6.45) is 2.04. The lowest BCUT2D eigenvalue weighted by Gasteiger charge is -2.32. The summed E-state index contributed by atoms with van der Waals surface area (Å²) in [5.74, 6) is 0.123. The number of aromatic nitrogens is 2. The minimum absolute atomic E-state index is 0.0464. The van der Waals surface area contributed by atoms with Gasteiger partial charge in [0.2, 0.25) is 5.91 Å². The first-order valence-electron chi connectivity index (χ1n) is 7.06. The molecule has 1 saturated heterocycles. The molecule has 0 aliphatic carbocycles. The van der Waals surface area contributed by atoms with Crippen LogP contribution in [0, 0.1) is 0 Å². The van der Waals surface area contributed by atoms with Crippen LogP contribution in [0.15, 0.2) is 23.1 Å². The number of fused-ring (bicyclic) bond motifs is 1. The van der Waals surface area contributed by atoms with Crippen molar-refractivity contribution in [3.63, 3.8) is 0 Å². The maximum absolute atomic E-state index is 12.2. The first-order valence-corrected chi connectivity index (χ1v) is 7.87. The summed E-state index contributed by atoms with van der Waals surface area (Å²) in [5, 5.41) is 0. The number of nitrogens with zero attached hydrogens (tertiary/aromatic N) is 4. The highest BCUT2D eigenvalue weighted by Crippen LogP contribution is 2.14. The van der Waals surface area contributed by atoms with E-state index in [1.54, 1.807) is 10.8 Å². The second-order valence-corrected chi connectivity index (χ2v) is 6.22. The number of hydrogen-bond donors (Lipinski definition) is 0. The van der Waals surface area contributed by atoms with Crippen molar-refractivity contribution in [1.29, 1.82) is 0 Å². The fraction of sp³-hybridized carbons (Fsp3) is 0.500. The van der Waals surface area contributed by atoms with Gasteiger partial charge in [-0.2, -0.15) is 0 Å². The minimum atomic E-state index is -0.0464. The molecule has 7 heteroatoms. The predicted molar refractivity (Wildman–Crippen MR) is 82.6 cm³/mol. The van der Waals surface area contributed by atoms with Gasteiger partial charge in [-0.1, -0.05) is 11.3 Å². The van der Waals surface area contributed by atoms with E-state index in [4.69, 9.17) is 0 Å². The molecule has 0 atom stereocenters. The lowest BCUT2D eigenvalue weighted by molar-refractivity contribution is -0.133. The second-order valence-electron chi connectivity index (χ2n) is 5.28. The lowest BCUT2D eigenvalue weighted by Crippen LogP contribution is -2.47. The molecule has 2 aromatic heterocycles. The molecule has 1 aliphatic rings. The van der Waals surface area contributed by atoms with Crippen LogP contribution in [0.3, 0.4) is 0 Å². The second kappa shape index (κ2) is 5.95. The van der Waals surface area contributed by atoms with Crippen molar-refractivity contribution < 1.29 is 4.79 Å². The predicted octanol–water partition coefficient (Wildman–Crippen LogP) is 0.622. The van der Waals surface area contributed by atoms with E-state index in [0.29, 0.717) is 13.0 Å². The molecule has 21 heavy (non-hydrogen) atoms. The number of piperazine rings is 1. The summed E-state index contributed by atoms with van der Waals surface area (Å²) in [7, 11) is 2.06. The number of likely N-dealkylation sites (N-methyl/N-ethyl adjacent to an activating group) is 1. The number of aryl methyl sites for hydroxylation is 1. The van der Waals surface area contributed by atoms with Crippen LogP contribution in [0.5, 0.6) is 0 Å². The van der Waals surface area contributed by atoms with Gasteiger partial charge in [0.25, 0.3) is 0 Å². The molecular weight excluding hydrogens is 288 g/mol. The molecule has 0 spiro atoms. The molecule has 1 fully saturated rings. The molecule has 3 rings (SSSR count). The summed E-state index contributed by atoms with van der Waals surface area (Å²) in [6.45, 7) is 3.80. The SMILES string of the molecule is CN1CCN(C(=O)CCn2c(=O)sc3ncccc32)CC1. The summed E-state index contributed by atoms with van der Waals surface area (Å²) >= 11 is 1.13. The Bertz CT molecular complexity index is 700. The van der Waals surface area contributed by atoms with Crippen LogP contribution in [0.2, 0.25) is 0 Å². The molecule has 0 unspecified atom stereocenters. The van der Waals surface area contributed by atoms with Crippen LogP contribution in [-0.2, 0) is 11.3 Å². The molecule has 0 N–H and O–H groups in total. The first kappa shape index (κ1) is 14.2. The van der Waals surface area contributed by atoms with E-state index in [1.807, 2.05) is 17.0 Å². The van der Waals surface area contributed by atoms with E-state index < -0.39 is 0 Å². The van der Waals surface area contributed by atoms with Crippen molar-refractivity contribution in [1.82, 2.24) is 19.4 Å². The van der Waals surface area contributed by atoms with Gasteiger partial charge in [-0.25, -0.2) is 4.98 Å². The first-order chi connectivity index (χ1) is 10.1. The van der Waals surface area contributed by atoms with E-state index in [0.717, 1.165) is 47.9 Å². The maximum atomic E-state index is 12.2. The Kier molecular flexibility index (Phi) is 4.03. The number of carbonyl (C=O) groups excluding carboxylic acids is 1. The third-order valence-electron chi connectivity index (χ3n) is 3.85.